The van der Waals surface area contributed by atoms with E-state index in [4.69, 9.17) is 0 Å². The van der Waals surface area contributed by atoms with Crippen LogP contribution in [0.5, 0.6) is 0 Å². The summed E-state index contributed by atoms with van der Waals surface area (Å²) in [6, 6.07) is 8.72. The lowest BCUT2D eigenvalue weighted by molar-refractivity contribution is -0.116. The maximum atomic E-state index is 12.8. The molecule has 5 aliphatic rings. The first-order valence-electron chi connectivity index (χ1n) is 10.6. The van der Waals surface area contributed by atoms with Crippen molar-refractivity contribution in [3.05, 3.63) is 29.8 Å². The summed E-state index contributed by atoms with van der Waals surface area (Å²) in [5.41, 5.74) is 3.12. The van der Waals surface area contributed by atoms with Gasteiger partial charge in [-0.2, -0.15) is 11.8 Å². The minimum Gasteiger partial charge on any atom is -0.308 e. The summed E-state index contributed by atoms with van der Waals surface area (Å²) in [5.74, 6) is 5.23. The van der Waals surface area contributed by atoms with Gasteiger partial charge in [0.2, 0.25) is 5.91 Å². The van der Waals surface area contributed by atoms with Crippen LogP contribution < -0.4 is 4.90 Å². The number of benzene rings is 1. The van der Waals surface area contributed by atoms with Gasteiger partial charge in [0.05, 0.1) is 5.75 Å². The number of carbonyl (C=O) groups excluding carboxylic acids is 1. The van der Waals surface area contributed by atoms with Crippen molar-refractivity contribution in [2.24, 2.45) is 23.2 Å². The summed E-state index contributed by atoms with van der Waals surface area (Å²) in [7, 11) is 0. The molecule has 0 N–H and O–H groups in total. The summed E-state index contributed by atoms with van der Waals surface area (Å²) in [5, 5.41) is 0. The molecule has 4 fully saturated rings. The first-order valence-corrected chi connectivity index (χ1v) is 11.8. The van der Waals surface area contributed by atoms with E-state index >= 15 is 0 Å². The molecule has 4 saturated carbocycles. The van der Waals surface area contributed by atoms with E-state index in [1.807, 2.05) is 16.7 Å². The number of hydrogen-bond acceptors (Lipinski definition) is 2. The van der Waals surface area contributed by atoms with Crippen LogP contribution in [0.1, 0.15) is 57.4 Å². The van der Waals surface area contributed by atoms with Crippen LogP contribution in [0, 0.1) is 23.2 Å². The second kappa shape index (κ2) is 6.58. The highest BCUT2D eigenvalue weighted by Gasteiger charge is 2.50. The predicted molar refractivity (Wildman–Crippen MR) is 110 cm³/mol. The second-order valence-electron chi connectivity index (χ2n) is 9.67. The highest BCUT2D eigenvalue weighted by Crippen LogP contribution is 2.61. The van der Waals surface area contributed by atoms with Crippen LogP contribution in [-0.2, 0) is 11.2 Å². The van der Waals surface area contributed by atoms with E-state index < -0.39 is 0 Å². The van der Waals surface area contributed by atoms with Gasteiger partial charge in [0.1, 0.15) is 0 Å². The molecule has 1 aromatic rings. The van der Waals surface area contributed by atoms with Crippen molar-refractivity contribution in [3.8, 4) is 0 Å². The van der Waals surface area contributed by atoms with Gasteiger partial charge in [-0.15, -0.1) is 0 Å². The minimum absolute atomic E-state index is 0.304. The van der Waals surface area contributed by atoms with Crippen LogP contribution in [0.2, 0.25) is 0 Å². The Morgan fingerprint density at radius 3 is 2.46 bits per heavy atom. The molecule has 0 saturated heterocycles. The summed E-state index contributed by atoms with van der Waals surface area (Å²) >= 11 is 1.88. The molecule has 0 unspecified atom stereocenters. The number of fused-ring (bicyclic) bond motifs is 1. The smallest absolute Gasteiger partial charge is 0.237 e. The number of hydrogen-bond donors (Lipinski definition) is 0. The Balaban J connectivity index is 1.15. The second-order valence-corrected chi connectivity index (χ2v) is 10.8. The zero-order valence-electron chi connectivity index (χ0n) is 16.0. The largest absolute Gasteiger partial charge is 0.308 e. The van der Waals surface area contributed by atoms with Crippen LogP contribution in [0.15, 0.2) is 24.3 Å². The summed E-state index contributed by atoms with van der Waals surface area (Å²) < 4.78 is 0. The van der Waals surface area contributed by atoms with E-state index in [-0.39, 0.29) is 0 Å². The van der Waals surface area contributed by atoms with Gasteiger partial charge in [0.15, 0.2) is 0 Å². The number of carbonyl (C=O) groups is 1. The molecule has 140 valence electrons. The van der Waals surface area contributed by atoms with Gasteiger partial charge >= 0.3 is 0 Å². The third-order valence-electron chi connectivity index (χ3n) is 7.64. The van der Waals surface area contributed by atoms with Gasteiger partial charge in [-0.05, 0) is 98.8 Å². The summed E-state index contributed by atoms with van der Waals surface area (Å²) in [6.45, 7) is 2.18. The third kappa shape index (κ3) is 3.00. The fraction of sp³-hybridized carbons (Fsp3) is 0.696. The Morgan fingerprint density at radius 1 is 1.12 bits per heavy atom. The fourth-order valence-corrected chi connectivity index (χ4v) is 8.09. The lowest BCUT2D eigenvalue weighted by Crippen LogP contribution is -2.46. The first-order chi connectivity index (χ1) is 12.6. The maximum Gasteiger partial charge on any atom is 0.237 e. The van der Waals surface area contributed by atoms with E-state index in [9.17, 15) is 4.79 Å². The number of amides is 1. The van der Waals surface area contributed by atoms with Crippen molar-refractivity contribution < 1.29 is 4.79 Å². The molecule has 4 aliphatic carbocycles. The molecule has 1 aromatic carbocycles. The van der Waals surface area contributed by atoms with Gasteiger partial charge in [0.25, 0.3) is 0 Å². The van der Waals surface area contributed by atoms with Crippen molar-refractivity contribution >= 4 is 23.4 Å². The molecule has 1 heterocycles. The lowest BCUT2D eigenvalue weighted by atomic mass is 9.49. The van der Waals surface area contributed by atoms with Crippen LogP contribution in [0.3, 0.4) is 0 Å². The molecule has 1 aliphatic heterocycles. The van der Waals surface area contributed by atoms with Crippen LogP contribution >= 0.6 is 11.8 Å². The zero-order valence-corrected chi connectivity index (χ0v) is 16.8. The topological polar surface area (TPSA) is 20.3 Å². The van der Waals surface area contributed by atoms with Crippen LogP contribution in [-0.4, -0.2) is 23.5 Å². The Hall–Kier alpha value is -0.960. The Labute approximate surface area is 162 Å². The third-order valence-corrected chi connectivity index (χ3v) is 8.59. The van der Waals surface area contributed by atoms with Gasteiger partial charge < -0.3 is 4.90 Å². The molecule has 0 aromatic heterocycles. The lowest BCUT2D eigenvalue weighted by Gasteiger charge is -2.57. The van der Waals surface area contributed by atoms with Crippen molar-refractivity contribution in [3.63, 3.8) is 0 Å². The molecule has 1 atom stereocenters. The van der Waals surface area contributed by atoms with Crippen molar-refractivity contribution in [1.82, 2.24) is 0 Å². The fourth-order valence-electron chi connectivity index (χ4n) is 7.06. The highest BCUT2D eigenvalue weighted by atomic mass is 32.2. The van der Waals surface area contributed by atoms with E-state index in [0.717, 1.165) is 29.9 Å². The average Bonchev–Trinajstić information content (AvgIpc) is 2.93. The van der Waals surface area contributed by atoms with E-state index in [1.54, 1.807) is 0 Å². The number of thioether (sulfide) groups is 1. The number of rotatable bonds is 5. The van der Waals surface area contributed by atoms with Crippen molar-refractivity contribution in [2.75, 3.05) is 16.4 Å². The minimum atomic E-state index is 0.304. The molecule has 6 rings (SSSR count). The molecule has 0 spiro atoms. The average molecular weight is 370 g/mol. The predicted octanol–water partition coefficient (Wildman–Crippen LogP) is 5.30. The van der Waals surface area contributed by atoms with E-state index in [2.05, 4.69) is 31.2 Å². The van der Waals surface area contributed by atoms with E-state index in [1.165, 1.54) is 56.3 Å². The van der Waals surface area contributed by atoms with Gasteiger partial charge in [-0.3, -0.25) is 4.79 Å². The quantitative estimate of drug-likeness (QED) is 0.656. The SMILES string of the molecule is C[C@H]1Cc2ccccc2N1C(=O)CSCCC12CC3CC(CC(C3)C1)C2. The monoisotopic (exact) mass is 369 g/mol. The number of nitrogens with zero attached hydrogens (tertiary/aromatic N) is 1. The summed E-state index contributed by atoms with van der Waals surface area (Å²) in [6.07, 6.45) is 11.4. The van der Waals surface area contributed by atoms with Gasteiger partial charge in [-0.25, -0.2) is 0 Å². The number of anilines is 1. The normalized spacial score (nSPS) is 37.2. The Kier molecular flexibility index (Phi) is 4.34. The summed E-state index contributed by atoms with van der Waals surface area (Å²) in [4.78, 5) is 14.9. The van der Waals surface area contributed by atoms with E-state index in [0.29, 0.717) is 23.1 Å². The molecular formula is C23H31NOS. The Bertz CT molecular complexity index is 664. The standard InChI is InChI=1S/C23H31NOS/c1-16-8-20-4-2-3-5-21(20)24(16)22(25)15-26-7-6-23-12-17-9-18(13-23)11-19(10-17)14-23/h2-5,16-19H,6-15H2,1H3/t16-,17?,18?,19?,23?/m0/s1. The molecule has 1 amide bonds. The van der Waals surface area contributed by atoms with Crippen LogP contribution in [0.25, 0.3) is 0 Å². The molecule has 26 heavy (non-hydrogen) atoms. The molecule has 4 bridgehead atoms. The maximum absolute atomic E-state index is 12.8. The number of para-hydroxylation sites is 1. The van der Waals surface area contributed by atoms with Crippen molar-refractivity contribution in [2.45, 2.75) is 64.3 Å². The van der Waals surface area contributed by atoms with Gasteiger partial charge in [-0.1, -0.05) is 18.2 Å². The zero-order chi connectivity index (χ0) is 17.7. The molecular weight excluding hydrogens is 338 g/mol. The Morgan fingerprint density at radius 2 is 1.77 bits per heavy atom. The molecule has 0 radical (unpaired) electrons. The van der Waals surface area contributed by atoms with Crippen molar-refractivity contribution in [1.29, 1.82) is 0 Å². The highest BCUT2D eigenvalue weighted by molar-refractivity contribution is 7.99. The molecule has 3 heteroatoms. The van der Waals surface area contributed by atoms with Crippen LogP contribution in [0.4, 0.5) is 5.69 Å². The molecule has 2 nitrogen and oxygen atoms in total. The first kappa shape index (κ1) is 17.2. The van der Waals surface area contributed by atoms with Gasteiger partial charge in [0, 0.05) is 11.7 Å².